The van der Waals surface area contributed by atoms with Crippen LogP contribution in [0.1, 0.15) is 6.42 Å². The number of para-hydroxylation sites is 1. The highest BCUT2D eigenvalue weighted by molar-refractivity contribution is 7.92. The fourth-order valence-electron chi connectivity index (χ4n) is 3.42. The van der Waals surface area contributed by atoms with Gasteiger partial charge in [-0.05, 0) is 44.3 Å². The number of amides is 1. The van der Waals surface area contributed by atoms with E-state index >= 15 is 0 Å². The number of carbonyl (C=O) groups is 1. The number of likely N-dealkylation sites (N-methyl/N-ethyl adjacent to an activating group) is 1. The summed E-state index contributed by atoms with van der Waals surface area (Å²) < 4.78 is 27.5. The number of nitrogens with one attached hydrogen (secondary N) is 1. The lowest BCUT2D eigenvalue weighted by atomic mass is 10.3. The number of rotatable bonds is 9. The third-order valence-electron chi connectivity index (χ3n) is 5.23. The van der Waals surface area contributed by atoms with E-state index in [9.17, 15) is 13.2 Å². The third-order valence-corrected chi connectivity index (χ3v) is 7.02. The first-order valence-corrected chi connectivity index (χ1v) is 11.7. The molecule has 0 saturated carbocycles. The van der Waals surface area contributed by atoms with E-state index in [0.29, 0.717) is 12.2 Å². The average molecular weight is 431 g/mol. The summed E-state index contributed by atoms with van der Waals surface area (Å²) in [7, 11) is -1.72. The highest BCUT2D eigenvalue weighted by Gasteiger charge is 2.26. The van der Waals surface area contributed by atoms with Gasteiger partial charge in [-0.15, -0.1) is 0 Å². The highest BCUT2D eigenvalue weighted by Crippen LogP contribution is 2.23. The molecule has 0 unspecified atom stereocenters. The van der Waals surface area contributed by atoms with Gasteiger partial charge < -0.3 is 15.1 Å². The molecule has 2 aromatic carbocycles. The second kappa shape index (κ2) is 10.6. The first-order valence-electron chi connectivity index (χ1n) is 10.3. The standard InChI is InChI=1S/C22H30N4O3S/c1-24-15-17-25(18-16-24)14-8-13-23-22(27)19-26(20-9-4-2-5-10-20)30(28,29)21-11-6-3-7-12-21/h2-7,9-12H,8,13-19H2,1H3,(H,23,27). The van der Waals surface area contributed by atoms with E-state index in [1.807, 2.05) is 6.07 Å². The third kappa shape index (κ3) is 6.04. The van der Waals surface area contributed by atoms with Crippen molar-refractivity contribution in [2.45, 2.75) is 11.3 Å². The number of benzene rings is 2. The van der Waals surface area contributed by atoms with Gasteiger partial charge >= 0.3 is 0 Å². The second-order valence-electron chi connectivity index (χ2n) is 7.51. The number of carbonyl (C=O) groups excluding carboxylic acids is 1. The molecule has 1 aliphatic rings. The van der Waals surface area contributed by atoms with E-state index in [0.717, 1.165) is 43.4 Å². The molecule has 1 heterocycles. The molecule has 0 aliphatic carbocycles. The van der Waals surface area contributed by atoms with Gasteiger partial charge in [0.05, 0.1) is 10.6 Å². The summed E-state index contributed by atoms with van der Waals surface area (Å²) in [6, 6.07) is 16.9. The summed E-state index contributed by atoms with van der Waals surface area (Å²) in [4.78, 5) is 17.4. The maximum Gasteiger partial charge on any atom is 0.264 e. The van der Waals surface area contributed by atoms with Crippen molar-refractivity contribution in [1.82, 2.24) is 15.1 Å². The van der Waals surface area contributed by atoms with Crippen LogP contribution < -0.4 is 9.62 Å². The van der Waals surface area contributed by atoms with Crippen molar-refractivity contribution < 1.29 is 13.2 Å². The molecule has 1 fully saturated rings. The van der Waals surface area contributed by atoms with Crippen LogP contribution in [0.4, 0.5) is 5.69 Å². The van der Waals surface area contributed by atoms with E-state index in [1.54, 1.807) is 54.6 Å². The Kier molecular flexibility index (Phi) is 7.84. The lowest BCUT2D eigenvalue weighted by Crippen LogP contribution is -2.45. The van der Waals surface area contributed by atoms with Crippen LogP contribution in [-0.4, -0.2) is 77.0 Å². The molecule has 3 rings (SSSR count). The first kappa shape index (κ1) is 22.3. The quantitative estimate of drug-likeness (QED) is 0.613. The SMILES string of the molecule is CN1CCN(CCCNC(=O)CN(c2ccccc2)S(=O)(=O)c2ccccc2)CC1. The van der Waals surface area contributed by atoms with Crippen LogP contribution in [0.3, 0.4) is 0 Å². The molecule has 0 radical (unpaired) electrons. The Balaban J connectivity index is 1.59. The molecule has 7 nitrogen and oxygen atoms in total. The van der Waals surface area contributed by atoms with Gasteiger partial charge in [-0.2, -0.15) is 0 Å². The van der Waals surface area contributed by atoms with Gasteiger partial charge in [0.25, 0.3) is 10.0 Å². The number of hydrogen-bond donors (Lipinski definition) is 1. The Bertz CT molecular complexity index is 898. The van der Waals surface area contributed by atoms with Crippen molar-refractivity contribution in [3.63, 3.8) is 0 Å². The molecule has 0 spiro atoms. The molecule has 1 saturated heterocycles. The molecular weight excluding hydrogens is 400 g/mol. The van der Waals surface area contributed by atoms with Crippen LogP contribution in [0.15, 0.2) is 65.6 Å². The number of hydrogen-bond acceptors (Lipinski definition) is 5. The zero-order valence-electron chi connectivity index (χ0n) is 17.4. The largest absolute Gasteiger partial charge is 0.354 e. The zero-order chi connectivity index (χ0) is 21.4. The predicted octanol–water partition coefficient (Wildman–Crippen LogP) is 1.64. The van der Waals surface area contributed by atoms with Crippen LogP contribution in [0, 0.1) is 0 Å². The molecule has 30 heavy (non-hydrogen) atoms. The summed E-state index contributed by atoms with van der Waals surface area (Å²) in [5.74, 6) is -0.309. The van der Waals surface area contributed by atoms with Crippen molar-refractivity contribution in [3.05, 3.63) is 60.7 Å². The van der Waals surface area contributed by atoms with Gasteiger partial charge in [-0.25, -0.2) is 8.42 Å². The van der Waals surface area contributed by atoms with Gasteiger partial charge in [-0.1, -0.05) is 36.4 Å². The molecule has 0 bridgehead atoms. The van der Waals surface area contributed by atoms with E-state index in [4.69, 9.17) is 0 Å². The van der Waals surface area contributed by atoms with Crippen LogP contribution in [0.5, 0.6) is 0 Å². The van der Waals surface area contributed by atoms with Crippen LogP contribution in [0.25, 0.3) is 0 Å². The van der Waals surface area contributed by atoms with Crippen molar-refractivity contribution in [1.29, 1.82) is 0 Å². The zero-order valence-corrected chi connectivity index (χ0v) is 18.2. The van der Waals surface area contributed by atoms with Gasteiger partial charge in [0.2, 0.25) is 5.91 Å². The lowest BCUT2D eigenvalue weighted by molar-refractivity contribution is -0.119. The lowest BCUT2D eigenvalue weighted by Gasteiger charge is -2.32. The normalized spacial score (nSPS) is 15.6. The molecule has 0 aromatic heterocycles. The Morgan fingerprint density at radius 1 is 0.967 bits per heavy atom. The smallest absolute Gasteiger partial charge is 0.264 e. The van der Waals surface area contributed by atoms with Gasteiger partial charge in [0.1, 0.15) is 6.54 Å². The summed E-state index contributed by atoms with van der Waals surface area (Å²) in [6.45, 7) is 5.42. The molecule has 8 heteroatoms. The maximum absolute atomic E-state index is 13.2. The highest BCUT2D eigenvalue weighted by atomic mass is 32.2. The van der Waals surface area contributed by atoms with E-state index in [2.05, 4.69) is 22.2 Å². The Labute approximate surface area is 179 Å². The molecule has 1 aliphatic heterocycles. The topological polar surface area (TPSA) is 73.0 Å². The fraction of sp³-hybridized carbons (Fsp3) is 0.409. The monoisotopic (exact) mass is 430 g/mol. The molecule has 2 aromatic rings. The van der Waals surface area contributed by atoms with Crippen LogP contribution in [0.2, 0.25) is 0 Å². The number of anilines is 1. The molecular formula is C22H30N4O3S. The minimum Gasteiger partial charge on any atom is -0.354 e. The van der Waals surface area contributed by atoms with Crippen LogP contribution in [-0.2, 0) is 14.8 Å². The first-order chi connectivity index (χ1) is 14.5. The minimum atomic E-state index is -3.84. The van der Waals surface area contributed by atoms with E-state index in [1.165, 1.54) is 0 Å². The Morgan fingerprint density at radius 2 is 1.57 bits per heavy atom. The average Bonchev–Trinajstić information content (AvgIpc) is 2.77. The summed E-state index contributed by atoms with van der Waals surface area (Å²) >= 11 is 0. The van der Waals surface area contributed by atoms with Gasteiger partial charge in [0, 0.05) is 32.7 Å². The molecule has 0 atom stereocenters. The number of sulfonamides is 1. The number of piperazine rings is 1. The van der Waals surface area contributed by atoms with Crippen molar-refractivity contribution >= 4 is 21.6 Å². The summed E-state index contributed by atoms with van der Waals surface area (Å²) in [5.41, 5.74) is 0.467. The van der Waals surface area contributed by atoms with Crippen LogP contribution >= 0.6 is 0 Å². The minimum absolute atomic E-state index is 0.164. The Hall–Kier alpha value is -2.42. The van der Waals surface area contributed by atoms with Gasteiger partial charge in [0.15, 0.2) is 0 Å². The van der Waals surface area contributed by atoms with Crippen molar-refractivity contribution in [2.75, 3.05) is 57.2 Å². The summed E-state index contributed by atoms with van der Waals surface area (Å²) in [6.07, 6.45) is 0.840. The Morgan fingerprint density at radius 3 is 2.20 bits per heavy atom. The second-order valence-corrected chi connectivity index (χ2v) is 9.37. The van der Waals surface area contributed by atoms with Gasteiger partial charge in [-0.3, -0.25) is 9.10 Å². The summed E-state index contributed by atoms with van der Waals surface area (Å²) in [5, 5.41) is 2.87. The fourth-order valence-corrected chi connectivity index (χ4v) is 4.86. The van der Waals surface area contributed by atoms with E-state index in [-0.39, 0.29) is 17.3 Å². The molecule has 1 amide bonds. The van der Waals surface area contributed by atoms with Crippen molar-refractivity contribution in [3.8, 4) is 0 Å². The predicted molar refractivity (Wildman–Crippen MR) is 119 cm³/mol. The van der Waals surface area contributed by atoms with Crippen molar-refractivity contribution in [2.24, 2.45) is 0 Å². The molecule has 162 valence electrons. The maximum atomic E-state index is 13.2. The molecule has 1 N–H and O–H groups in total. The van der Waals surface area contributed by atoms with E-state index < -0.39 is 10.0 Å². The number of nitrogens with zero attached hydrogens (tertiary/aromatic N) is 3.